The van der Waals surface area contributed by atoms with Crippen molar-refractivity contribution in [1.29, 1.82) is 0 Å². The second kappa shape index (κ2) is 8.69. The van der Waals surface area contributed by atoms with Crippen LogP contribution in [0.4, 0.5) is 0 Å². The first-order valence-electron chi connectivity index (χ1n) is 10.2. The molecule has 0 saturated heterocycles. The molecule has 2 unspecified atom stereocenters. The number of ether oxygens (including phenoxy) is 4. The fourth-order valence-corrected chi connectivity index (χ4v) is 4.38. The quantitative estimate of drug-likeness (QED) is 0.757. The van der Waals surface area contributed by atoms with Crippen molar-refractivity contribution in [2.45, 2.75) is 25.3 Å². The van der Waals surface area contributed by atoms with Crippen molar-refractivity contribution in [3.05, 3.63) is 53.1 Å². The molecular weight excluding hydrogens is 380 g/mol. The summed E-state index contributed by atoms with van der Waals surface area (Å²) in [5.74, 6) is 3.56. The molecule has 1 heterocycles. The minimum absolute atomic E-state index is 0.0564. The van der Waals surface area contributed by atoms with Gasteiger partial charge in [0.05, 0.1) is 40.2 Å². The number of hydrogen-bond donors (Lipinski definition) is 1. The second-order valence-electron chi connectivity index (χ2n) is 7.49. The fourth-order valence-electron chi connectivity index (χ4n) is 4.38. The van der Waals surface area contributed by atoms with Crippen LogP contribution in [0.25, 0.3) is 6.08 Å². The first kappa shape index (κ1) is 20.1. The summed E-state index contributed by atoms with van der Waals surface area (Å²) in [5, 5.41) is 4.75. The van der Waals surface area contributed by atoms with Crippen LogP contribution >= 0.6 is 0 Å². The number of benzene rings is 2. The van der Waals surface area contributed by atoms with E-state index in [1.165, 1.54) is 5.57 Å². The van der Waals surface area contributed by atoms with Gasteiger partial charge in [0.1, 0.15) is 23.0 Å². The molecule has 2 aromatic carbocycles. The van der Waals surface area contributed by atoms with E-state index in [0.717, 1.165) is 59.1 Å². The predicted molar refractivity (Wildman–Crippen MR) is 118 cm³/mol. The lowest BCUT2D eigenvalue weighted by atomic mass is 9.77. The maximum atomic E-state index is 5.62. The van der Waals surface area contributed by atoms with E-state index in [1.807, 2.05) is 36.4 Å². The van der Waals surface area contributed by atoms with Crippen molar-refractivity contribution < 1.29 is 18.9 Å². The Morgan fingerprint density at radius 2 is 1.60 bits per heavy atom. The van der Waals surface area contributed by atoms with Crippen molar-refractivity contribution in [3.63, 3.8) is 0 Å². The van der Waals surface area contributed by atoms with Crippen molar-refractivity contribution in [3.8, 4) is 23.0 Å². The Bertz CT molecular complexity index is 983. The van der Waals surface area contributed by atoms with E-state index in [0.29, 0.717) is 0 Å². The van der Waals surface area contributed by atoms with Gasteiger partial charge in [0.15, 0.2) is 0 Å². The summed E-state index contributed by atoms with van der Waals surface area (Å²) >= 11 is 0. The predicted octanol–water partition coefficient (Wildman–Crippen LogP) is 4.61. The van der Waals surface area contributed by atoms with Crippen molar-refractivity contribution in [2.75, 3.05) is 28.4 Å². The Hall–Kier alpha value is -3.15. The van der Waals surface area contributed by atoms with Crippen molar-refractivity contribution in [2.24, 2.45) is 11.0 Å². The number of fused-ring (bicyclic) bond motifs is 1. The Kier molecular flexibility index (Phi) is 5.84. The topological polar surface area (TPSA) is 61.3 Å². The lowest BCUT2D eigenvalue weighted by Gasteiger charge is -2.27. The van der Waals surface area contributed by atoms with Crippen LogP contribution in [-0.2, 0) is 0 Å². The molecule has 1 aliphatic carbocycles. The maximum Gasteiger partial charge on any atom is 0.126 e. The summed E-state index contributed by atoms with van der Waals surface area (Å²) in [4.78, 5) is 0. The van der Waals surface area contributed by atoms with Crippen LogP contribution in [0.3, 0.4) is 0 Å². The Labute approximate surface area is 177 Å². The summed E-state index contributed by atoms with van der Waals surface area (Å²) in [6.07, 6.45) is 5.34. The first-order valence-corrected chi connectivity index (χ1v) is 10.2. The van der Waals surface area contributed by atoms with Crippen LogP contribution in [0.5, 0.6) is 23.0 Å². The third-order valence-electron chi connectivity index (χ3n) is 5.91. The van der Waals surface area contributed by atoms with Gasteiger partial charge in [-0.1, -0.05) is 0 Å². The van der Waals surface area contributed by atoms with Gasteiger partial charge in [-0.15, -0.1) is 0 Å². The molecule has 2 aromatic rings. The number of allylic oxidation sites excluding steroid dienone is 1. The van der Waals surface area contributed by atoms with E-state index >= 15 is 0 Å². The van der Waals surface area contributed by atoms with E-state index < -0.39 is 0 Å². The highest BCUT2D eigenvalue weighted by Gasteiger charge is 2.38. The van der Waals surface area contributed by atoms with Gasteiger partial charge in [-0.25, -0.2) is 0 Å². The Morgan fingerprint density at radius 1 is 0.900 bits per heavy atom. The van der Waals surface area contributed by atoms with Gasteiger partial charge < -0.3 is 24.4 Å². The number of nitrogens with zero attached hydrogens (tertiary/aromatic N) is 1. The average molecular weight is 408 g/mol. The highest BCUT2D eigenvalue weighted by atomic mass is 16.5. The maximum absolute atomic E-state index is 5.62. The number of hydrazone groups is 1. The van der Waals surface area contributed by atoms with E-state index in [-0.39, 0.29) is 12.0 Å². The monoisotopic (exact) mass is 408 g/mol. The summed E-state index contributed by atoms with van der Waals surface area (Å²) in [6.45, 7) is 0. The third kappa shape index (κ3) is 3.70. The summed E-state index contributed by atoms with van der Waals surface area (Å²) in [5.41, 5.74) is 7.77. The summed E-state index contributed by atoms with van der Waals surface area (Å²) < 4.78 is 22.0. The molecule has 1 saturated carbocycles. The molecule has 1 N–H and O–H groups in total. The Morgan fingerprint density at radius 3 is 2.30 bits per heavy atom. The van der Waals surface area contributed by atoms with E-state index in [9.17, 15) is 0 Å². The molecular formula is C24H28N2O4. The molecule has 158 valence electrons. The average Bonchev–Trinajstić information content (AvgIpc) is 3.23. The molecule has 6 heteroatoms. The zero-order valence-corrected chi connectivity index (χ0v) is 17.9. The lowest BCUT2D eigenvalue weighted by molar-refractivity contribution is 0.378. The highest BCUT2D eigenvalue weighted by Crippen LogP contribution is 2.43. The normalized spacial score (nSPS) is 21.5. The van der Waals surface area contributed by atoms with E-state index in [2.05, 4.69) is 11.5 Å². The van der Waals surface area contributed by atoms with Gasteiger partial charge in [-0.2, -0.15) is 5.10 Å². The number of hydrogen-bond acceptors (Lipinski definition) is 6. The number of nitrogens with one attached hydrogen (secondary N) is 1. The van der Waals surface area contributed by atoms with Crippen molar-refractivity contribution in [1.82, 2.24) is 5.43 Å². The molecule has 0 spiro atoms. The smallest absolute Gasteiger partial charge is 0.126 e. The molecule has 1 fully saturated rings. The molecule has 6 nitrogen and oxygen atoms in total. The van der Waals surface area contributed by atoms with Gasteiger partial charge in [-0.05, 0) is 67.3 Å². The lowest BCUT2D eigenvalue weighted by Crippen LogP contribution is -2.26. The molecule has 4 rings (SSSR count). The SMILES string of the molecule is COc1ccc(OC)c(/C=C2\CCCC3C2=NNC3c2cc(OC)ccc2OC)c1. The summed E-state index contributed by atoms with van der Waals surface area (Å²) in [7, 11) is 6.74. The molecule has 0 amide bonds. The van der Waals surface area contributed by atoms with E-state index in [1.54, 1.807) is 28.4 Å². The molecule has 1 aliphatic heterocycles. The zero-order chi connectivity index (χ0) is 21.1. The number of rotatable bonds is 6. The highest BCUT2D eigenvalue weighted by molar-refractivity contribution is 6.07. The van der Waals surface area contributed by atoms with Crippen LogP contribution in [0.1, 0.15) is 36.4 Å². The zero-order valence-electron chi connectivity index (χ0n) is 17.9. The number of methoxy groups -OCH3 is 4. The van der Waals surface area contributed by atoms with E-state index in [4.69, 9.17) is 24.0 Å². The molecule has 2 aliphatic rings. The summed E-state index contributed by atoms with van der Waals surface area (Å²) in [6, 6.07) is 11.8. The molecule has 0 radical (unpaired) electrons. The van der Waals surface area contributed by atoms with Crippen LogP contribution in [-0.4, -0.2) is 34.2 Å². The Balaban J connectivity index is 1.67. The van der Waals surface area contributed by atoms with Crippen molar-refractivity contribution >= 4 is 11.8 Å². The van der Waals surface area contributed by atoms with Crippen LogP contribution in [0, 0.1) is 5.92 Å². The molecule has 30 heavy (non-hydrogen) atoms. The fraction of sp³-hybridized carbons (Fsp3) is 0.375. The van der Waals surface area contributed by atoms with Gasteiger partial charge >= 0.3 is 0 Å². The first-order chi connectivity index (χ1) is 14.7. The molecule has 0 bridgehead atoms. The largest absolute Gasteiger partial charge is 0.497 e. The van der Waals surface area contributed by atoms with Crippen LogP contribution in [0.15, 0.2) is 47.1 Å². The van der Waals surface area contributed by atoms with Gasteiger partial charge in [0.25, 0.3) is 0 Å². The standard InChI is InChI=1S/C24H28N2O4/c1-27-17-8-10-21(29-3)16(13-17)12-15-6-5-7-19-23(15)25-26-24(19)20-14-18(28-2)9-11-22(20)30-4/h8-14,19,24,26H,5-7H2,1-4H3/b15-12+. The van der Waals surface area contributed by atoms with Gasteiger partial charge in [0.2, 0.25) is 0 Å². The molecule has 0 aromatic heterocycles. The minimum Gasteiger partial charge on any atom is -0.497 e. The third-order valence-corrected chi connectivity index (χ3v) is 5.91. The minimum atomic E-state index is 0.0564. The van der Waals surface area contributed by atoms with Crippen LogP contribution in [0.2, 0.25) is 0 Å². The second-order valence-corrected chi connectivity index (χ2v) is 7.49. The van der Waals surface area contributed by atoms with Gasteiger partial charge in [0, 0.05) is 17.0 Å². The van der Waals surface area contributed by atoms with Gasteiger partial charge in [-0.3, -0.25) is 0 Å². The molecule has 2 atom stereocenters. The van der Waals surface area contributed by atoms with Crippen LogP contribution < -0.4 is 24.4 Å².